The van der Waals surface area contributed by atoms with E-state index in [1.807, 2.05) is 4.57 Å². The molecule has 1 atom stereocenters. The summed E-state index contributed by atoms with van der Waals surface area (Å²) in [7, 11) is -0.807. The molecule has 0 saturated heterocycles. The maximum absolute atomic E-state index is 11.1. The second-order valence-corrected chi connectivity index (χ2v) is 6.59. The van der Waals surface area contributed by atoms with E-state index in [9.17, 15) is 4.57 Å². The van der Waals surface area contributed by atoms with Crippen LogP contribution in [0.15, 0.2) is 6.33 Å². The third-order valence-corrected chi connectivity index (χ3v) is 4.48. The SMILES string of the molecule is CO[P+](=O)ONCC1(Cn2cnc3c(Cl)nc(N)nc32)CC1. The molecule has 2 aromatic rings. The minimum atomic E-state index is -2.13. The zero-order valence-electron chi connectivity index (χ0n) is 11.8. The first-order chi connectivity index (χ1) is 10.5. The van der Waals surface area contributed by atoms with Gasteiger partial charge in [0.15, 0.2) is 10.8 Å². The molecule has 118 valence electrons. The smallest absolute Gasteiger partial charge is 0.368 e. The lowest BCUT2D eigenvalue weighted by atomic mass is 10.1. The van der Waals surface area contributed by atoms with Gasteiger partial charge in [0.25, 0.3) is 0 Å². The van der Waals surface area contributed by atoms with Gasteiger partial charge >= 0.3 is 8.25 Å². The number of hydrogen-bond acceptors (Lipinski definition) is 8. The van der Waals surface area contributed by atoms with Crippen molar-refractivity contribution in [1.82, 2.24) is 25.0 Å². The Morgan fingerprint density at radius 2 is 2.32 bits per heavy atom. The average Bonchev–Trinajstić information content (AvgIpc) is 3.12. The van der Waals surface area contributed by atoms with Gasteiger partial charge in [0.1, 0.15) is 5.52 Å². The van der Waals surface area contributed by atoms with Gasteiger partial charge in [-0.25, -0.2) is 4.98 Å². The highest BCUT2D eigenvalue weighted by atomic mass is 35.5. The number of nitrogens with zero attached hydrogens (tertiary/aromatic N) is 4. The van der Waals surface area contributed by atoms with Gasteiger partial charge in [-0.3, -0.25) is 0 Å². The monoisotopic (exact) mass is 345 g/mol. The van der Waals surface area contributed by atoms with Crippen LogP contribution in [0.1, 0.15) is 12.8 Å². The number of imidazole rings is 1. The molecular formula is C11H15ClN6O3P+. The molecule has 0 amide bonds. The summed E-state index contributed by atoms with van der Waals surface area (Å²) < 4.78 is 22.4. The minimum Gasteiger partial charge on any atom is -0.368 e. The maximum Gasteiger partial charge on any atom is 0.716 e. The Hall–Kier alpha value is -1.38. The molecule has 1 aliphatic rings. The van der Waals surface area contributed by atoms with E-state index in [2.05, 4.69) is 25.0 Å². The standard InChI is InChI=1S/C11H15ClN6O3P/c1-20-22(19)21-15-4-11(2-3-11)5-18-6-14-7-8(12)16-10(13)17-9(7)18/h6,15H,2-5H2,1H3,(H2,13,16,17)/q+1. The van der Waals surface area contributed by atoms with Crippen molar-refractivity contribution in [1.29, 1.82) is 0 Å². The fraction of sp³-hybridized carbons (Fsp3) is 0.545. The highest BCUT2D eigenvalue weighted by Gasteiger charge is 2.44. The van der Waals surface area contributed by atoms with Crippen LogP contribution in [0.3, 0.4) is 0 Å². The van der Waals surface area contributed by atoms with Crippen molar-refractivity contribution in [2.45, 2.75) is 19.4 Å². The summed E-state index contributed by atoms with van der Waals surface area (Å²) in [6, 6.07) is 0. The van der Waals surface area contributed by atoms with E-state index in [0.717, 1.165) is 12.8 Å². The number of fused-ring (bicyclic) bond motifs is 1. The molecule has 0 bridgehead atoms. The predicted molar refractivity (Wildman–Crippen MR) is 80.1 cm³/mol. The first-order valence-electron chi connectivity index (χ1n) is 6.58. The number of rotatable bonds is 7. The van der Waals surface area contributed by atoms with Crippen LogP contribution >= 0.6 is 19.9 Å². The van der Waals surface area contributed by atoms with Gasteiger partial charge < -0.3 is 10.3 Å². The Morgan fingerprint density at radius 1 is 1.55 bits per heavy atom. The fourth-order valence-corrected chi connectivity index (χ4v) is 2.71. The van der Waals surface area contributed by atoms with Crippen LogP contribution in [0.5, 0.6) is 0 Å². The van der Waals surface area contributed by atoms with E-state index >= 15 is 0 Å². The van der Waals surface area contributed by atoms with Crippen molar-refractivity contribution >= 4 is 37.0 Å². The van der Waals surface area contributed by atoms with E-state index in [4.69, 9.17) is 22.0 Å². The highest BCUT2D eigenvalue weighted by molar-refractivity contribution is 7.33. The topological polar surface area (TPSA) is 117 Å². The molecule has 1 saturated carbocycles. The number of hydrogen-bond donors (Lipinski definition) is 2. The number of nitrogens with one attached hydrogen (secondary N) is 1. The summed E-state index contributed by atoms with van der Waals surface area (Å²) >= 11 is 6.01. The maximum atomic E-state index is 11.1. The van der Waals surface area contributed by atoms with Crippen molar-refractivity contribution in [3.63, 3.8) is 0 Å². The molecule has 3 N–H and O–H groups in total. The number of aromatic nitrogens is 4. The predicted octanol–water partition coefficient (Wildman–Crippen LogP) is 1.67. The van der Waals surface area contributed by atoms with Gasteiger partial charge in [0.2, 0.25) is 5.95 Å². The number of nitrogens with two attached hydrogens (primary N) is 1. The molecule has 0 aromatic carbocycles. The lowest BCUT2D eigenvalue weighted by Gasteiger charge is -2.14. The molecule has 0 spiro atoms. The molecule has 11 heteroatoms. The van der Waals surface area contributed by atoms with Crippen LogP contribution < -0.4 is 11.2 Å². The second kappa shape index (κ2) is 6.02. The zero-order valence-corrected chi connectivity index (χ0v) is 13.5. The van der Waals surface area contributed by atoms with Crippen LogP contribution in [-0.4, -0.2) is 33.2 Å². The van der Waals surface area contributed by atoms with Crippen molar-refractivity contribution in [3.05, 3.63) is 11.5 Å². The van der Waals surface area contributed by atoms with Gasteiger partial charge in [-0.2, -0.15) is 9.97 Å². The Bertz CT molecular complexity index is 719. The molecule has 1 aliphatic carbocycles. The third kappa shape index (κ3) is 3.18. The van der Waals surface area contributed by atoms with Crippen molar-refractivity contribution in [2.24, 2.45) is 5.41 Å². The van der Waals surface area contributed by atoms with E-state index in [1.165, 1.54) is 7.11 Å². The first-order valence-corrected chi connectivity index (χ1v) is 8.05. The van der Waals surface area contributed by atoms with Crippen molar-refractivity contribution < 1.29 is 13.7 Å². The number of nitrogen functional groups attached to an aromatic ring is 1. The highest BCUT2D eigenvalue weighted by Crippen LogP contribution is 2.47. The minimum absolute atomic E-state index is 0.00370. The Balaban J connectivity index is 1.72. The van der Waals surface area contributed by atoms with Crippen LogP contribution in [0.4, 0.5) is 5.95 Å². The van der Waals surface area contributed by atoms with Crippen LogP contribution in [0, 0.1) is 5.41 Å². The molecule has 1 unspecified atom stereocenters. The molecule has 2 aromatic heterocycles. The molecular weight excluding hydrogens is 331 g/mol. The third-order valence-electron chi connectivity index (χ3n) is 3.64. The van der Waals surface area contributed by atoms with Gasteiger partial charge in [0, 0.05) is 23.1 Å². The summed E-state index contributed by atoms with van der Waals surface area (Å²) in [6.07, 6.45) is 3.70. The van der Waals surface area contributed by atoms with Crippen LogP contribution in [0.25, 0.3) is 11.2 Å². The summed E-state index contributed by atoms with van der Waals surface area (Å²) in [6.45, 7) is 1.22. The number of anilines is 1. The van der Waals surface area contributed by atoms with Crippen molar-refractivity contribution in [2.75, 3.05) is 19.4 Å². The van der Waals surface area contributed by atoms with Gasteiger partial charge in [0.05, 0.1) is 13.4 Å². The first kappa shape index (κ1) is 15.5. The summed E-state index contributed by atoms with van der Waals surface area (Å²) in [5.74, 6) is 0.114. The number of hydroxylamine groups is 1. The Labute approximate surface area is 132 Å². The van der Waals surface area contributed by atoms with E-state index in [0.29, 0.717) is 24.3 Å². The van der Waals surface area contributed by atoms with Gasteiger partial charge in [-0.1, -0.05) is 11.6 Å². The van der Waals surface area contributed by atoms with Crippen LogP contribution in [0.2, 0.25) is 5.15 Å². The van der Waals surface area contributed by atoms with E-state index < -0.39 is 8.25 Å². The van der Waals surface area contributed by atoms with Gasteiger partial charge in [-0.05, 0) is 17.5 Å². The van der Waals surface area contributed by atoms with E-state index in [-0.39, 0.29) is 16.5 Å². The number of halogens is 1. The van der Waals surface area contributed by atoms with Gasteiger partial charge in [-0.15, -0.1) is 10.0 Å². The Kier molecular flexibility index (Phi) is 4.24. The summed E-state index contributed by atoms with van der Waals surface area (Å²) in [5.41, 5.74) is 9.46. The van der Waals surface area contributed by atoms with Crippen LogP contribution in [-0.2, 0) is 20.3 Å². The molecule has 3 rings (SSSR count). The lowest BCUT2D eigenvalue weighted by Crippen LogP contribution is -2.26. The molecule has 9 nitrogen and oxygen atoms in total. The fourth-order valence-electron chi connectivity index (χ4n) is 2.25. The lowest BCUT2D eigenvalue weighted by molar-refractivity contribution is 0.146. The second-order valence-electron chi connectivity index (χ2n) is 5.24. The molecule has 22 heavy (non-hydrogen) atoms. The summed E-state index contributed by atoms with van der Waals surface area (Å²) in [4.78, 5) is 12.3. The molecule has 0 aliphatic heterocycles. The Morgan fingerprint density at radius 3 is 3.00 bits per heavy atom. The van der Waals surface area contributed by atoms with Crippen molar-refractivity contribution in [3.8, 4) is 0 Å². The normalized spacial score (nSPS) is 16.9. The molecule has 0 radical (unpaired) electrons. The molecule has 2 heterocycles. The summed E-state index contributed by atoms with van der Waals surface area (Å²) in [5, 5.41) is 0.240. The largest absolute Gasteiger partial charge is 0.716 e. The average molecular weight is 346 g/mol. The van der Waals surface area contributed by atoms with E-state index in [1.54, 1.807) is 6.33 Å². The zero-order chi connectivity index (χ0) is 15.7. The molecule has 1 fully saturated rings. The quantitative estimate of drug-likeness (QED) is 0.442.